The summed E-state index contributed by atoms with van der Waals surface area (Å²) in [6, 6.07) is 0. The zero-order valence-electron chi connectivity index (χ0n) is 9.18. The van der Waals surface area contributed by atoms with Crippen molar-refractivity contribution in [3.05, 3.63) is 0 Å². The second-order valence-corrected chi connectivity index (χ2v) is 5.58. The summed E-state index contributed by atoms with van der Waals surface area (Å²) in [6.45, 7) is 0.183. The van der Waals surface area contributed by atoms with E-state index in [1.165, 1.54) is 4.72 Å². The monoisotopic (exact) mass is 275 g/mol. The van der Waals surface area contributed by atoms with Crippen molar-refractivity contribution in [3.8, 4) is 0 Å². The maximum absolute atomic E-state index is 11.8. The Labute approximate surface area is 98.3 Å². The highest BCUT2D eigenvalue weighted by atomic mass is 32.2. The molecular formula is C8H16F3N3O2S. The van der Waals surface area contributed by atoms with Gasteiger partial charge in [0.2, 0.25) is 0 Å². The quantitative estimate of drug-likeness (QED) is 0.660. The van der Waals surface area contributed by atoms with Crippen LogP contribution < -0.4 is 14.8 Å². The molecular weight excluding hydrogens is 259 g/mol. The maximum Gasteiger partial charge on any atom is 0.402 e. The van der Waals surface area contributed by atoms with Gasteiger partial charge in [0.15, 0.2) is 0 Å². The Kier molecular flexibility index (Phi) is 5.17. The first-order valence-corrected chi connectivity index (χ1v) is 6.78. The zero-order chi connectivity index (χ0) is 12.9. The van der Waals surface area contributed by atoms with Gasteiger partial charge in [-0.05, 0) is 31.8 Å². The van der Waals surface area contributed by atoms with Crippen molar-refractivity contribution in [2.45, 2.75) is 19.0 Å². The van der Waals surface area contributed by atoms with E-state index in [9.17, 15) is 21.6 Å². The lowest BCUT2D eigenvalue weighted by Crippen LogP contribution is -2.45. The second-order valence-electron chi connectivity index (χ2n) is 4.00. The second kappa shape index (κ2) is 5.98. The van der Waals surface area contributed by atoms with Gasteiger partial charge in [0.25, 0.3) is 10.2 Å². The van der Waals surface area contributed by atoms with E-state index >= 15 is 0 Å². The summed E-state index contributed by atoms with van der Waals surface area (Å²) in [7, 11) is -4.06. The third-order valence-corrected chi connectivity index (χ3v) is 3.49. The highest BCUT2D eigenvalue weighted by Crippen LogP contribution is 2.12. The molecule has 9 heteroatoms. The average Bonchev–Trinajstić information content (AvgIpc) is 2.25. The molecule has 1 fully saturated rings. The van der Waals surface area contributed by atoms with Gasteiger partial charge < -0.3 is 5.32 Å². The smallest absolute Gasteiger partial charge is 0.316 e. The van der Waals surface area contributed by atoms with E-state index < -0.39 is 22.9 Å². The summed E-state index contributed by atoms with van der Waals surface area (Å²) < 4.78 is 61.4. The number of hydrogen-bond donors (Lipinski definition) is 3. The summed E-state index contributed by atoms with van der Waals surface area (Å²) in [5.74, 6) is 0.131. The van der Waals surface area contributed by atoms with Crippen molar-refractivity contribution < 1.29 is 21.6 Å². The van der Waals surface area contributed by atoms with Gasteiger partial charge in [-0.1, -0.05) is 0 Å². The molecule has 0 spiro atoms. The number of halogens is 3. The van der Waals surface area contributed by atoms with Gasteiger partial charge in [0.1, 0.15) is 6.54 Å². The largest absolute Gasteiger partial charge is 0.402 e. The molecule has 0 aliphatic carbocycles. The molecule has 17 heavy (non-hydrogen) atoms. The minimum Gasteiger partial charge on any atom is -0.316 e. The first-order valence-electron chi connectivity index (χ1n) is 5.30. The summed E-state index contributed by atoms with van der Waals surface area (Å²) in [5.41, 5.74) is 0. The topological polar surface area (TPSA) is 70.2 Å². The van der Waals surface area contributed by atoms with Crippen molar-refractivity contribution in [1.82, 2.24) is 14.8 Å². The fourth-order valence-electron chi connectivity index (χ4n) is 1.55. The van der Waals surface area contributed by atoms with Gasteiger partial charge in [-0.25, -0.2) is 4.72 Å². The Hall–Kier alpha value is -0.380. The zero-order valence-corrected chi connectivity index (χ0v) is 10.00. The highest BCUT2D eigenvalue weighted by Gasteiger charge is 2.29. The minimum atomic E-state index is -4.54. The summed E-state index contributed by atoms with van der Waals surface area (Å²) >= 11 is 0. The van der Waals surface area contributed by atoms with Crippen molar-refractivity contribution in [2.24, 2.45) is 5.92 Å². The molecule has 3 N–H and O–H groups in total. The average molecular weight is 275 g/mol. The number of rotatable bonds is 5. The van der Waals surface area contributed by atoms with Gasteiger partial charge in [0, 0.05) is 6.54 Å². The Morgan fingerprint density at radius 3 is 2.53 bits per heavy atom. The van der Waals surface area contributed by atoms with Crippen molar-refractivity contribution in [1.29, 1.82) is 0 Å². The van der Waals surface area contributed by atoms with Gasteiger partial charge in [-0.2, -0.15) is 26.3 Å². The molecule has 1 aliphatic rings. The van der Waals surface area contributed by atoms with Crippen LogP contribution in [0, 0.1) is 5.92 Å². The molecule has 102 valence electrons. The van der Waals surface area contributed by atoms with E-state index in [4.69, 9.17) is 0 Å². The summed E-state index contributed by atoms with van der Waals surface area (Å²) in [6.07, 6.45) is -2.72. The van der Waals surface area contributed by atoms with Gasteiger partial charge >= 0.3 is 6.18 Å². The first-order chi connectivity index (χ1) is 7.79. The molecule has 1 aliphatic heterocycles. The molecule has 1 atom stereocenters. The predicted molar refractivity (Wildman–Crippen MR) is 56.6 cm³/mol. The van der Waals surface area contributed by atoms with Crippen molar-refractivity contribution in [2.75, 3.05) is 26.2 Å². The summed E-state index contributed by atoms with van der Waals surface area (Å²) in [4.78, 5) is 0. The summed E-state index contributed by atoms with van der Waals surface area (Å²) in [5, 5.41) is 3.09. The SMILES string of the molecule is O=S(=O)(NCC1CCCNC1)NCC(F)(F)F. The number of nitrogens with one attached hydrogen (secondary N) is 3. The fraction of sp³-hybridized carbons (Fsp3) is 1.00. The third-order valence-electron chi connectivity index (χ3n) is 2.42. The first kappa shape index (κ1) is 14.7. The van der Waals surface area contributed by atoms with Crippen LogP contribution in [-0.2, 0) is 10.2 Å². The number of alkyl halides is 3. The Morgan fingerprint density at radius 1 is 1.29 bits per heavy atom. The molecule has 0 amide bonds. The third kappa shape index (κ3) is 6.81. The van der Waals surface area contributed by atoms with Crippen LogP contribution in [0.1, 0.15) is 12.8 Å². The normalized spacial score (nSPS) is 22.6. The van der Waals surface area contributed by atoms with E-state index in [-0.39, 0.29) is 12.5 Å². The van der Waals surface area contributed by atoms with Gasteiger partial charge in [-0.15, -0.1) is 0 Å². The van der Waals surface area contributed by atoms with Crippen LogP contribution in [0.2, 0.25) is 0 Å². The predicted octanol–water partition coefficient (Wildman–Crippen LogP) is -0.0277. The lowest BCUT2D eigenvalue weighted by Gasteiger charge is -2.22. The molecule has 1 saturated heterocycles. The van der Waals surface area contributed by atoms with E-state index in [0.29, 0.717) is 6.54 Å². The fourth-order valence-corrected chi connectivity index (χ4v) is 2.46. The van der Waals surface area contributed by atoms with Crippen LogP contribution in [0.25, 0.3) is 0 Å². The van der Waals surface area contributed by atoms with Gasteiger partial charge in [-0.3, -0.25) is 0 Å². The maximum atomic E-state index is 11.8. The molecule has 1 heterocycles. The minimum absolute atomic E-state index is 0.131. The molecule has 0 radical (unpaired) electrons. The molecule has 0 aromatic heterocycles. The van der Waals surface area contributed by atoms with Crippen LogP contribution in [-0.4, -0.2) is 40.8 Å². The molecule has 0 aromatic carbocycles. The molecule has 0 bridgehead atoms. The van der Waals surface area contributed by atoms with Crippen molar-refractivity contribution in [3.63, 3.8) is 0 Å². The molecule has 0 aromatic rings. The van der Waals surface area contributed by atoms with Crippen LogP contribution in [0.3, 0.4) is 0 Å². The van der Waals surface area contributed by atoms with E-state index in [1.54, 1.807) is 0 Å². The van der Waals surface area contributed by atoms with E-state index in [0.717, 1.165) is 19.4 Å². The highest BCUT2D eigenvalue weighted by molar-refractivity contribution is 7.87. The standard InChI is InChI=1S/C8H16F3N3O2S/c9-8(10,11)6-14-17(15,16)13-5-7-2-1-3-12-4-7/h7,12-14H,1-6H2. The van der Waals surface area contributed by atoms with E-state index in [1.807, 2.05) is 0 Å². The van der Waals surface area contributed by atoms with E-state index in [2.05, 4.69) is 10.0 Å². The Bertz CT molecular complexity index is 325. The number of hydrogen-bond acceptors (Lipinski definition) is 3. The molecule has 5 nitrogen and oxygen atoms in total. The van der Waals surface area contributed by atoms with Crippen LogP contribution in [0.4, 0.5) is 13.2 Å². The van der Waals surface area contributed by atoms with Crippen LogP contribution in [0.5, 0.6) is 0 Å². The van der Waals surface area contributed by atoms with Crippen LogP contribution >= 0.6 is 0 Å². The lowest BCUT2D eigenvalue weighted by atomic mass is 10.0. The lowest BCUT2D eigenvalue weighted by molar-refractivity contribution is -0.121. The Morgan fingerprint density at radius 2 is 2.00 bits per heavy atom. The molecule has 1 unspecified atom stereocenters. The van der Waals surface area contributed by atoms with Crippen molar-refractivity contribution >= 4 is 10.2 Å². The molecule has 0 saturated carbocycles. The number of piperidine rings is 1. The van der Waals surface area contributed by atoms with Crippen LogP contribution in [0.15, 0.2) is 0 Å². The van der Waals surface area contributed by atoms with Gasteiger partial charge in [0.05, 0.1) is 0 Å². The Balaban J connectivity index is 2.28. The molecule has 1 rings (SSSR count).